The first-order valence-electron chi connectivity index (χ1n) is 7.44. The number of carbonyl (C=O) groups excluding carboxylic acids is 2. The fraction of sp³-hybridized carbons (Fsp3) is 0.308. The van der Waals surface area contributed by atoms with Crippen molar-refractivity contribution in [2.45, 2.75) is 25.4 Å². The number of carbonyl (C=O) groups is 3. The molecule has 0 bridgehead atoms. The number of hydroxylamine groups is 2. The van der Waals surface area contributed by atoms with Crippen LogP contribution in [0.1, 0.15) is 19.5 Å². The maximum Gasteiger partial charge on any atom is 0.418 e. The summed E-state index contributed by atoms with van der Waals surface area (Å²) in [5.74, 6) is -4.30. The Kier molecular flexibility index (Phi) is 5.93. The summed E-state index contributed by atoms with van der Waals surface area (Å²) in [4.78, 5) is 43.9. The number of aromatic nitrogens is 1. The Bertz CT molecular complexity index is 1010. The van der Waals surface area contributed by atoms with Crippen LogP contribution in [0.4, 0.5) is 5.13 Å². The van der Waals surface area contributed by atoms with Crippen LogP contribution >= 0.6 is 11.3 Å². The first-order chi connectivity index (χ1) is 13.2. The van der Waals surface area contributed by atoms with Crippen LogP contribution in [0.2, 0.25) is 0 Å². The molecule has 1 aromatic heterocycles. The molecule has 158 valence electrons. The molecule has 1 fully saturated rings. The van der Waals surface area contributed by atoms with Crippen LogP contribution in [0, 0.1) is 0 Å². The van der Waals surface area contributed by atoms with Crippen molar-refractivity contribution in [1.82, 2.24) is 15.4 Å². The molecule has 1 atom stereocenters. The predicted molar refractivity (Wildman–Crippen MR) is 96.4 cm³/mol. The zero-order valence-electron chi connectivity index (χ0n) is 14.8. The second-order valence-corrected chi connectivity index (χ2v) is 7.92. The lowest BCUT2D eigenvalue weighted by Crippen LogP contribution is -2.76. The van der Waals surface area contributed by atoms with Gasteiger partial charge in [-0.3, -0.25) is 14.1 Å². The fourth-order valence-electron chi connectivity index (χ4n) is 2.16. The SMILES string of the molecule is C=C(ON=C(C(=O)N[C@@H]1C(=O)N(OS(=O)(=O)O)C1(C)C)c1csc(N)n1)C(=O)O. The second-order valence-electron chi connectivity index (χ2n) is 6.03. The highest BCUT2D eigenvalue weighted by molar-refractivity contribution is 7.80. The molecule has 2 heterocycles. The third kappa shape index (κ3) is 4.86. The fourth-order valence-corrected chi connectivity index (χ4v) is 3.16. The van der Waals surface area contributed by atoms with E-state index in [0.717, 1.165) is 11.3 Å². The van der Waals surface area contributed by atoms with Gasteiger partial charge in [0.05, 0.1) is 5.54 Å². The molecule has 29 heavy (non-hydrogen) atoms. The topological polar surface area (TPSA) is 211 Å². The minimum atomic E-state index is -4.96. The van der Waals surface area contributed by atoms with Crippen molar-refractivity contribution in [3.05, 3.63) is 23.4 Å². The van der Waals surface area contributed by atoms with Crippen LogP contribution < -0.4 is 11.1 Å². The van der Waals surface area contributed by atoms with Crippen LogP contribution in [0.15, 0.2) is 22.9 Å². The summed E-state index contributed by atoms with van der Waals surface area (Å²) in [6.45, 7) is 5.80. The summed E-state index contributed by atoms with van der Waals surface area (Å²) in [5.41, 5.74) is 3.55. The van der Waals surface area contributed by atoms with E-state index in [9.17, 15) is 22.8 Å². The van der Waals surface area contributed by atoms with E-state index in [1.165, 1.54) is 19.2 Å². The Morgan fingerprint density at radius 3 is 2.55 bits per heavy atom. The lowest BCUT2D eigenvalue weighted by molar-refractivity contribution is -0.218. The van der Waals surface area contributed by atoms with Crippen molar-refractivity contribution >= 4 is 50.4 Å². The van der Waals surface area contributed by atoms with E-state index in [1.807, 2.05) is 0 Å². The summed E-state index contributed by atoms with van der Waals surface area (Å²) in [6.07, 6.45) is 0. The number of carboxylic acids is 1. The van der Waals surface area contributed by atoms with Gasteiger partial charge in [0.15, 0.2) is 10.8 Å². The lowest BCUT2D eigenvalue weighted by Gasteiger charge is -2.50. The maximum atomic E-state index is 12.6. The number of aliphatic carboxylic acids is 1. The van der Waals surface area contributed by atoms with E-state index in [4.69, 9.17) is 15.4 Å². The molecular weight excluding hydrogens is 434 g/mol. The van der Waals surface area contributed by atoms with Crippen LogP contribution in [-0.2, 0) is 33.9 Å². The van der Waals surface area contributed by atoms with Gasteiger partial charge in [0.2, 0.25) is 5.76 Å². The van der Waals surface area contributed by atoms with Gasteiger partial charge >= 0.3 is 16.4 Å². The molecule has 14 nitrogen and oxygen atoms in total. The highest BCUT2D eigenvalue weighted by Crippen LogP contribution is 2.32. The molecule has 1 aromatic rings. The lowest BCUT2D eigenvalue weighted by atomic mass is 9.84. The molecule has 0 saturated carbocycles. The quantitative estimate of drug-likeness (QED) is 0.0932. The van der Waals surface area contributed by atoms with Crippen molar-refractivity contribution in [2.24, 2.45) is 5.16 Å². The molecule has 0 spiro atoms. The average Bonchev–Trinajstić information content (AvgIpc) is 3.02. The molecule has 2 amide bonds. The van der Waals surface area contributed by atoms with Crippen molar-refractivity contribution in [3.8, 4) is 0 Å². The maximum absolute atomic E-state index is 12.6. The molecule has 1 aliphatic heterocycles. The molecule has 2 rings (SSSR count). The zero-order chi connectivity index (χ0) is 22.1. The predicted octanol–water partition coefficient (Wildman–Crippen LogP) is -1.12. The Labute approximate surface area is 167 Å². The number of β-lactam (4-membered cyclic amide) rings is 1. The third-order valence-electron chi connectivity index (χ3n) is 3.59. The number of anilines is 1. The van der Waals surface area contributed by atoms with Gasteiger partial charge in [0, 0.05) is 5.38 Å². The van der Waals surface area contributed by atoms with E-state index < -0.39 is 51.2 Å². The number of nitrogens with two attached hydrogens (primary N) is 1. The molecule has 1 aliphatic rings. The van der Waals surface area contributed by atoms with Gasteiger partial charge in [-0.2, -0.15) is 13.5 Å². The van der Waals surface area contributed by atoms with Crippen LogP contribution in [-0.4, -0.2) is 63.2 Å². The van der Waals surface area contributed by atoms with E-state index in [2.05, 4.69) is 31.2 Å². The number of carboxylic acid groups (broad SMARTS) is 1. The van der Waals surface area contributed by atoms with Crippen molar-refractivity contribution in [2.75, 3.05) is 5.73 Å². The number of amides is 2. The van der Waals surface area contributed by atoms with Gasteiger partial charge in [-0.25, -0.2) is 9.78 Å². The van der Waals surface area contributed by atoms with Crippen LogP contribution in [0.25, 0.3) is 0 Å². The van der Waals surface area contributed by atoms with Gasteiger partial charge in [-0.1, -0.05) is 5.16 Å². The summed E-state index contributed by atoms with van der Waals surface area (Å²) in [5, 5.41) is 16.2. The Hall–Kier alpha value is -3.08. The number of hydrogen-bond donors (Lipinski definition) is 4. The van der Waals surface area contributed by atoms with Crippen molar-refractivity contribution in [3.63, 3.8) is 0 Å². The normalized spacial score (nSPS) is 18.7. The number of nitrogens with one attached hydrogen (secondary N) is 1. The van der Waals surface area contributed by atoms with E-state index in [0.29, 0.717) is 5.06 Å². The Balaban J connectivity index is 2.24. The standard InChI is InChI=1S/C13H15N5O9S2/c1-5(11(21)22)26-17-7(6-4-28-12(14)15-6)9(19)16-8-10(20)18(13(8,2)3)27-29(23,24)25/h4,8H,1H2,2-3H3,(H2,14,15)(H,16,19)(H,21,22)(H,23,24,25)/t8-/m1/s1. The van der Waals surface area contributed by atoms with Gasteiger partial charge in [-0.15, -0.1) is 15.6 Å². The van der Waals surface area contributed by atoms with E-state index in [1.54, 1.807) is 0 Å². The smallest absolute Gasteiger partial charge is 0.418 e. The van der Waals surface area contributed by atoms with Crippen molar-refractivity contribution in [1.29, 1.82) is 0 Å². The van der Waals surface area contributed by atoms with Gasteiger partial charge in [0.1, 0.15) is 11.7 Å². The van der Waals surface area contributed by atoms with Gasteiger partial charge in [-0.05, 0) is 20.4 Å². The van der Waals surface area contributed by atoms with E-state index in [-0.39, 0.29) is 10.8 Å². The molecule has 5 N–H and O–H groups in total. The summed E-state index contributed by atoms with van der Waals surface area (Å²) in [7, 11) is -4.96. The molecule has 0 aliphatic carbocycles. The highest BCUT2D eigenvalue weighted by Gasteiger charge is 2.58. The van der Waals surface area contributed by atoms with Crippen molar-refractivity contribution < 1.29 is 41.6 Å². The minimum absolute atomic E-state index is 0.0705. The number of oxime groups is 1. The molecule has 0 aromatic carbocycles. The largest absolute Gasteiger partial charge is 0.475 e. The third-order valence-corrected chi connectivity index (χ3v) is 4.60. The Morgan fingerprint density at radius 1 is 1.48 bits per heavy atom. The summed E-state index contributed by atoms with van der Waals surface area (Å²) < 4.78 is 34.6. The van der Waals surface area contributed by atoms with E-state index >= 15 is 0 Å². The van der Waals surface area contributed by atoms with Crippen LogP contribution in [0.5, 0.6) is 0 Å². The number of nitrogens with zero attached hydrogens (tertiary/aromatic N) is 3. The zero-order valence-corrected chi connectivity index (χ0v) is 16.5. The Morgan fingerprint density at radius 2 is 2.10 bits per heavy atom. The number of nitrogen functional groups attached to an aromatic ring is 1. The molecule has 0 unspecified atom stereocenters. The minimum Gasteiger partial charge on any atom is -0.475 e. The first-order valence-corrected chi connectivity index (χ1v) is 9.69. The number of rotatable bonds is 8. The van der Waals surface area contributed by atoms with Gasteiger partial charge in [0.25, 0.3) is 11.8 Å². The number of thiazole rings is 1. The van der Waals surface area contributed by atoms with Crippen LogP contribution in [0.3, 0.4) is 0 Å². The highest BCUT2D eigenvalue weighted by atomic mass is 32.3. The monoisotopic (exact) mass is 449 g/mol. The second kappa shape index (κ2) is 7.74. The summed E-state index contributed by atoms with van der Waals surface area (Å²) in [6, 6.07) is -1.28. The first kappa shape index (κ1) is 22.2. The molecule has 16 heteroatoms. The summed E-state index contributed by atoms with van der Waals surface area (Å²) >= 11 is 0.958. The molecule has 1 saturated heterocycles. The van der Waals surface area contributed by atoms with Gasteiger partial charge < -0.3 is 21.0 Å². The average molecular weight is 449 g/mol. The molecule has 0 radical (unpaired) electrons. The number of hydrogen-bond acceptors (Lipinski definition) is 11. The molecular formula is C13H15N5O9S2.